The number of carbonyl (C=O) groups is 2. The fourth-order valence-corrected chi connectivity index (χ4v) is 2.73. The van der Waals surface area contributed by atoms with Crippen LogP contribution in [0.3, 0.4) is 0 Å². The van der Waals surface area contributed by atoms with Gasteiger partial charge < -0.3 is 10.0 Å². The molecule has 4 heteroatoms. The molecule has 0 saturated carbocycles. The number of aliphatic hydroxyl groups is 1. The maximum Gasteiger partial charge on any atom is 0.254 e. The minimum Gasteiger partial charge on any atom is -0.396 e. The first-order valence-electron chi connectivity index (χ1n) is 7.16. The second-order valence-corrected chi connectivity index (χ2v) is 5.29. The van der Waals surface area contributed by atoms with E-state index in [4.69, 9.17) is 5.11 Å². The van der Waals surface area contributed by atoms with Gasteiger partial charge in [-0.3, -0.25) is 9.59 Å². The molecule has 1 aromatic rings. The summed E-state index contributed by atoms with van der Waals surface area (Å²) < 4.78 is 0. The van der Waals surface area contributed by atoms with Gasteiger partial charge in [-0.05, 0) is 44.7 Å². The molecule has 4 nitrogen and oxygen atoms in total. The maximum absolute atomic E-state index is 12.5. The maximum atomic E-state index is 12.5. The van der Waals surface area contributed by atoms with Crippen LogP contribution in [0.15, 0.2) is 24.3 Å². The summed E-state index contributed by atoms with van der Waals surface area (Å²) in [5.74, 6) is -0.00150. The molecule has 1 aliphatic heterocycles. The molecule has 0 aliphatic carbocycles. The molecular formula is C16H21NO3. The van der Waals surface area contributed by atoms with Gasteiger partial charge in [-0.2, -0.15) is 0 Å². The van der Waals surface area contributed by atoms with Gasteiger partial charge in [-0.15, -0.1) is 0 Å². The smallest absolute Gasteiger partial charge is 0.254 e. The molecule has 1 unspecified atom stereocenters. The number of aliphatic hydroxyl groups excluding tert-OH is 1. The Balaban J connectivity index is 2.14. The zero-order chi connectivity index (χ0) is 14.5. The second kappa shape index (κ2) is 6.66. The van der Waals surface area contributed by atoms with E-state index in [0.717, 1.165) is 25.8 Å². The standard InChI is InChI=1S/C16H21NO3/c1-12(19)13-5-7-14(8-6-13)16(20)17-10-3-2-4-15(17)9-11-18/h5-8,15,18H,2-4,9-11H2,1H3. The van der Waals surface area contributed by atoms with Crippen LogP contribution >= 0.6 is 0 Å². The lowest BCUT2D eigenvalue weighted by Crippen LogP contribution is -2.44. The highest BCUT2D eigenvalue weighted by Crippen LogP contribution is 2.22. The van der Waals surface area contributed by atoms with Crippen LogP contribution in [0, 0.1) is 0 Å². The first-order valence-corrected chi connectivity index (χ1v) is 7.16. The fraction of sp³-hybridized carbons (Fsp3) is 0.500. The Morgan fingerprint density at radius 2 is 1.85 bits per heavy atom. The van der Waals surface area contributed by atoms with Crippen LogP contribution < -0.4 is 0 Å². The first kappa shape index (κ1) is 14.7. The Hall–Kier alpha value is -1.68. The Labute approximate surface area is 119 Å². The number of nitrogens with zero attached hydrogens (tertiary/aromatic N) is 1. The molecule has 108 valence electrons. The Kier molecular flexibility index (Phi) is 4.90. The van der Waals surface area contributed by atoms with E-state index in [0.29, 0.717) is 17.5 Å². The number of rotatable bonds is 4. The lowest BCUT2D eigenvalue weighted by molar-refractivity contribution is 0.0574. The SMILES string of the molecule is CC(=O)c1ccc(C(=O)N2CCCCC2CCO)cc1. The molecule has 1 heterocycles. The van der Waals surface area contributed by atoms with Crippen molar-refractivity contribution in [3.05, 3.63) is 35.4 Å². The van der Waals surface area contributed by atoms with E-state index < -0.39 is 0 Å². The molecule has 1 atom stereocenters. The van der Waals surface area contributed by atoms with E-state index in [1.165, 1.54) is 6.92 Å². The number of ketones is 1. The topological polar surface area (TPSA) is 57.6 Å². The van der Waals surface area contributed by atoms with Crippen molar-refractivity contribution in [1.82, 2.24) is 4.90 Å². The van der Waals surface area contributed by atoms with Crippen LogP contribution in [0.4, 0.5) is 0 Å². The van der Waals surface area contributed by atoms with Crippen LogP contribution in [-0.4, -0.2) is 40.9 Å². The number of amides is 1. The van der Waals surface area contributed by atoms with Crippen LogP contribution in [0.2, 0.25) is 0 Å². The molecule has 1 amide bonds. The van der Waals surface area contributed by atoms with Gasteiger partial charge in [-0.1, -0.05) is 12.1 Å². The molecule has 2 rings (SSSR count). The largest absolute Gasteiger partial charge is 0.396 e. The lowest BCUT2D eigenvalue weighted by Gasteiger charge is -2.35. The van der Waals surface area contributed by atoms with E-state index in [2.05, 4.69) is 0 Å². The van der Waals surface area contributed by atoms with Gasteiger partial charge in [0.2, 0.25) is 0 Å². The van der Waals surface area contributed by atoms with Crippen LogP contribution in [-0.2, 0) is 0 Å². The van der Waals surface area contributed by atoms with Gasteiger partial charge in [0, 0.05) is 30.3 Å². The van der Waals surface area contributed by atoms with Crippen molar-refractivity contribution in [2.75, 3.05) is 13.2 Å². The molecule has 0 bridgehead atoms. The van der Waals surface area contributed by atoms with Crippen LogP contribution in [0.1, 0.15) is 53.3 Å². The van der Waals surface area contributed by atoms with Gasteiger partial charge in [0.05, 0.1) is 0 Å². The Bertz CT molecular complexity index is 479. The van der Waals surface area contributed by atoms with Crippen LogP contribution in [0.25, 0.3) is 0 Å². The summed E-state index contributed by atoms with van der Waals surface area (Å²) in [7, 11) is 0. The van der Waals surface area contributed by atoms with Crippen molar-refractivity contribution < 1.29 is 14.7 Å². The number of hydrogen-bond donors (Lipinski definition) is 1. The highest BCUT2D eigenvalue weighted by Gasteiger charge is 2.26. The Morgan fingerprint density at radius 3 is 2.45 bits per heavy atom. The highest BCUT2D eigenvalue weighted by molar-refractivity contribution is 5.97. The second-order valence-electron chi connectivity index (χ2n) is 5.29. The summed E-state index contributed by atoms with van der Waals surface area (Å²) in [6.07, 6.45) is 3.71. The van der Waals surface area contributed by atoms with Crippen molar-refractivity contribution in [2.45, 2.75) is 38.6 Å². The number of Topliss-reactive ketones (excluding diaryl/α,β-unsaturated/α-hetero) is 1. The minimum absolute atomic E-state index is 0.000119. The molecule has 1 fully saturated rings. The molecule has 1 saturated heterocycles. The molecule has 0 aromatic heterocycles. The van der Waals surface area contributed by atoms with Crippen LogP contribution in [0.5, 0.6) is 0 Å². The number of piperidine rings is 1. The summed E-state index contributed by atoms with van der Waals surface area (Å²) in [6.45, 7) is 2.37. The third-order valence-electron chi connectivity index (χ3n) is 3.89. The zero-order valence-electron chi connectivity index (χ0n) is 11.8. The average Bonchev–Trinajstić information content (AvgIpc) is 2.47. The lowest BCUT2D eigenvalue weighted by atomic mass is 9.98. The number of hydrogen-bond acceptors (Lipinski definition) is 3. The van der Waals surface area contributed by atoms with Crippen molar-refractivity contribution in [1.29, 1.82) is 0 Å². The Morgan fingerprint density at radius 1 is 1.20 bits per heavy atom. The van der Waals surface area contributed by atoms with E-state index in [-0.39, 0.29) is 24.3 Å². The third-order valence-corrected chi connectivity index (χ3v) is 3.89. The molecule has 1 aliphatic rings. The normalized spacial score (nSPS) is 18.9. The summed E-state index contributed by atoms with van der Waals surface area (Å²) in [5, 5.41) is 9.11. The van der Waals surface area contributed by atoms with E-state index in [9.17, 15) is 9.59 Å². The van der Waals surface area contributed by atoms with Crippen molar-refractivity contribution in [3.63, 3.8) is 0 Å². The number of benzene rings is 1. The van der Waals surface area contributed by atoms with Crippen molar-refractivity contribution in [2.24, 2.45) is 0 Å². The zero-order valence-corrected chi connectivity index (χ0v) is 11.8. The monoisotopic (exact) mass is 275 g/mol. The predicted octanol–water partition coefficient (Wildman–Crippen LogP) is 2.27. The van der Waals surface area contributed by atoms with Gasteiger partial charge in [0.1, 0.15) is 0 Å². The third kappa shape index (κ3) is 3.25. The van der Waals surface area contributed by atoms with Gasteiger partial charge >= 0.3 is 0 Å². The molecule has 0 radical (unpaired) electrons. The quantitative estimate of drug-likeness (QED) is 0.858. The minimum atomic E-state index is -0.00162. The van der Waals surface area contributed by atoms with E-state index in [1.807, 2.05) is 4.90 Å². The van der Waals surface area contributed by atoms with Gasteiger partial charge in [-0.25, -0.2) is 0 Å². The molecule has 1 aromatic carbocycles. The molecule has 0 spiro atoms. The van der Waals surface area contributed by atoms with Gasteiger partial charge in [0.25, 0.3) is 5.91 Å². The molecule has 1 N–H and O–H groups in total. The van der Waals surface area contributed by atoms with Gasteiger partial charge in [0.15, 0.2) is 5.78 Å². The number of carbonyl (C=O) groups excluding carboxylic acids is 2. The number of likely N-dealkylation sites (tertiary alicyclic amines) is 1. The molecule has 20 heavy (non-hydrogen) atoms. The van der Waals surface area contributed by atoms with E-state index in [1.54, 1.807) is 24.3 Å². The molecular weight excluding hydrogens is 254 g/mol. The first-order chi connectivity index (χ1) is 9.63. The summed E-state index contributed by atoms with van der Waals surface area (Å²) in [5.41, 5.74) is 1.23. The summed E-state index contributed by atoms with van der Waals surface area (Å²) >= 11 is 0. The predicted molar refractivity (Wildman–Crippen MR) is 76.8 cm³/mol. The highest BCUT2D eigenvalue weighted by atomic mass is 16.3. The summed E-state index contributed by atoms with van der Waals surface area (Å²) in [4.78, 5) is 25.6. The average molecular weight is 275 g/mol. The van der Waals surface area contributed by atoms with E-state index >= 15 is 0 Å². The fourth-order valence-electron chi connectivity index (χ4n) is 2.73. The van der Waals surface area contributed by atoms with Crippen molar-refractivity contribution >= 4 is 11.7 Å². The van der Waals surface area contributed by atoms with Crippen molar-refractivity contribution in [3.8, 4) is 0 Å². The summed E-state index contributed by atoms with van der Waals surface area (Å²) in [6, 6.07) is 6.95.